The molecule has 0 atom stereocenters. The van der Waals surface area contributed by atoms with Crippen LogP contribution in [0.2, 0.25) is 0 Å². The van der Waals surface area contributed by atoms with Crippen LogP contribution in [0.1, 0.15) is 508 Å². The molecule has 0 bridgehead atoms. The standard InChI is InChI=1S/C12H18.C11H23N.C11H21N.2C11H17N.C10H22N2.4C10H16N2.C10H16S/c3*1-9(2)11-5-7-12(8-6-11)10(3)4;2*1-8(2)10-5-6-11(9(3)4)12-7-10;1-9(2)11-5-7-12(8-6-11)10(3)4;1-7(2)9-5-12-10(6-11-9)8(3)4;2*1-7(2)9-5-11-10(8(3)4)12-6-9;1-7(2)9-5-6-10(8(3)4)12-11-9;1-7(2)9-5-6-10(11-9)8(3)4/h5-10H,1-4H3;9-11H,5-8H2,1-4H3;5,9-10H,6-8H2,1-4H3;2*5-9H,1-4H3;9-10H,5-8H2,1-4H3;4*5-8H,1-4H3;5-8H,1-4H3. The Morgan fingerprint density at radius 2 is 0.496 bits per heavy atom. The van der Waals surface area contributed by atoms with Crippen LogP contribution in [0.3, 0.4) is 0 Å². The van der Waals surface area contributed by atoms with Crippen LogP contribution in [0.15, 0.2) is 134 Å². The summed E-state index contributed by atoms with van der Waals surface area (Å²) in [4.78, 5) is 47.9. The van der Waals surface area contributed by atoms with Crippen molar-refractivity contribution < 1.29 is 0 Å². The Balaban J connectivity index is 0.000000721. The summed E-state index contributed by atoms with van der Waals surface area (Å²) in [7, 11) is 0. The van der Waals surface area contributed by atoms with E-state index in [0.29, 0.717) is 101 Å². The van der Waals surface area contributed by atoms with Crippen molar-refractivity contribution >= 4 is 11.3 Å². The molecule has 3 aliphatic rings. The van der Waals surface area contributed by atoms with Crippen molar-refractivity contribution in [2.75, 3.05) is 52.4 Å². The minimum absolute atomic E-state index is 0.422. The zero-order chi connectivity index (χ0) is 99.8. The Morgan fingerprint density at radius 1 is 0.229 bits per heavy atom. The van der Waals surface area contributed by atoms with E-state index in [4.69, 9.17) is 0 Å². The molecule has 15 heteroatoms. The lowest BCUT2D eigenvalue weighted by molar-refractivity contribution is 0.0887. The van der Waals surface area contributed by atoms with Crippen molar-refractivity contribution in [3.8, 4) is 0 Å². The maximum absolute atomic E-state index is 4.40. The number of hydrogen-bond donors (Lipinski definition) is 0. The van der Waals surface area contributed by atoms with Gasteiger partial charge in [-0.15, -0.1) is 11.3 Å². The van der Waals surface area contributed by atoms with Gasteiger partial charge >= 0.3 is 0 Å². The van der Waals surface area contributed by atoms with E-state index in [9.17, 15) is 0 Å². The SMILES string of the molecule is CC(C)C1=CCN(C(C)C)CC1.CC(C)C1CCN(C(C)C)CC1.CC(C)N1CCN(C(C)C)CC1.CC(C)c1ccc(C(C)C)cc1.CC(C)c1ccc(C(C)C)nc1.CC(C)c1ccc(C(C)C)nc1.CC(C)c1ccc(C(C)C)nn1.CC(C)c1ccc(C(C)C)s1.CC(C)c1cnc(C(C)C)cn1.CC(C)c1cnc(C(C)C)nc1.CC(C)c1cnc(C(C)C)nc1. The third-order valence-corrected chi connectivity index (χ3v) is 26.2. The van der Waals surface area contributed by atoms with Gasteiger partial charge in [-0.3, -0.25) is 34.6 Å². The maximum Gasteiger partial charge on any atom is 0.130 e. The number of likely N-dealkylation sites (tertiary alicyclic amines) is 1. The van der Waals surface area contributed by atoms with E-state index in [2.05, 4.69) is 453 Å². The molecule has 8 aromatic rings. The van der Waals surface area contributed by atoms with E-state index in [-0.39, 0.29) is 0 Å². The average molecular weight is 1820 g/mol. The number of thiophene rings is 1. The Morgan fingerprint density at radius 3 is 0.695 bits per heavy atom. The molecule has 738 valence electrons. The van der Waals surface area contributed by atoms with Gasteiger partial charge in [0, 0.05) is 146 Å². The number of hydrogen-bond acceptors (Lipinski definition) is 15. The Hall–Kier alpha value is -6.88. The number of piperidine rings is 1. The second-order valence-corrected chi connectivity index (χ2v) is 44.3. The van der Waals surface area contributed by atoms with Crippen molar-refractivity contribution in [2.45, 2.75) is 443 Å². The molecule has 0 radical (unpaired) electrons. The summed E-state index contributed by atoms with van der Waals surface area (Å²) < 4.78 is 0. The van der Waals surface area contributed by atoms with Crippen molar-refractivity contribution in [3.63, 3.8) is 0 Å². The zero-order valence-corrected chi connectivity index (χ0v) is 93.2. The molecule has 1 aromatic carbocycles. The van der Waals surface area contributed by atoms with Crippen LogP contribution in [-0.2, 0) is 0 Å². The molecule has 2 fully saturated rings. The van der Waals surface area contributed by atoms with E-state index < -0.39 is 0 Å². The summed E-state index contributed by atoms with van der Waals surface area (Å²) in [6.07, 6.45) is 21.9. The van der Waals surface area contributed by atoms with Crippen molar-refractivity contribution in [1.82, 2.24) is 69.7 Å². The third kappa shape index (κ3) is 50.0. The van der Waals surface area contributed by atoms with E-state index in [0.717, 1.165) is 76.8 Å². The number of rotatable bonds is 22. The van der Waals surface area contributed by atoms with Crippen molar-refractivity contribution in [1.29, 1.82) is 0 Å². The molecule has 3 aliphatic heterocycles. The van der Waals surface area contributed by atoms with Gasteiger partial charge in [-0.25, -0.2) is 19.9 Å². The third-order valence-electron chi connectivity index (χ3n) is 24.5. The molecule has 10 heterocycles. The van der Waals surface area contributed by atoms with Crippen LogP contribution in [0.4, 0.5) is 0 Å². The number of aromatic nitrogens is 10. The lowest BCUT2D eigenvalue weighted by Crippen LogP contribution is -2.50. The Labute approximate surface area is 811 Å². The molecule has 0 N–H and O–H groups in total. The van der Waals surface area contributed by atoms with Crippen LogP contribution in [0.25, 0.3) is 0 Å². The summed E-state index contributed by atoms with van der Waals surface area (Å²) in [5.74, 6) is 13.1. The van der Waals surface area contributed by atoms with Crippen LogP contribution in [0, 0.1) is 17.8 Å². The number of benzene rings is 1. The van der Waals surface area contributed by atoms with E-state index in [1.54, 1.807) is 5.57 Å². The fraction of sp³-hybridized carbons (Fsp3) is 0.672. The molecule has 0 amide bonds. The zero-order valence-electron chi connectivity index (χ0n) is 92.4. The topological polar surface area (TPSA) is 142 Å². The molecule has 0 unspecified atom stereocenters. The molecular weight excluding hydrogens is 1620 g/mol. The first-order valence-corrected chi connectivity index (χ1v) is 52.1. The smallest absolute Gasteiger partial charge is 0.130 e. The Kier molecular flexibility index (Phi) is 60.6. The number of pyridine rings is 2. The minimum atomic E-state index is 0.422. The first-order chi connectivity index (χ1) is 61.2. The van der Waals surface area contributed by atoms with E-state index in [1.807, 2.05) is 60.9 Å². The first-order valence-electron chi connectivity index (χ1n) is 51.3. The largest absolute Gasteiger partial charge is 0.301 e. The highest BCUT2D eigenvalue weighted by Gasteiger charge is 2.24. The predicted molar refractivity (Wildman–Crippen MR) is 575 cm³/mol. The molecule has 7 aromatic heterocycles. The van der Waals surface area contributed by atoms with Crippen molar-refractivity contribution in [3.05, 3.63) is 223 Å². The highest BCUT2D eigenvalue weighted by Crippen LogP contribution is 2.31. The van der Waals surface area contributed by atoms with Gasteiger partial charge in [0.1, 0.15) is 11.6 Å². The second kappa shape index (κ2) is 65.0. The van der Waals surface area contributed by atoms with Gasteiger partial charge < -0.3 is 4.90 Å². The maximum atomic E-state index is 4.40. The lowest BCUT2D eigenvalue weighted by Gasteiger charge is -2.38. The van der Waals surface area contributed by atoms with Gasteiger partial charge in [0.25, 0.3) is 0 Å². The van der Waals surface area contributed by atoms with Gasteiger partial charge in [-0.05, 0) is 258 Å². The summed E-state index contributed by atoms with van der Waals surface area (Å²) in [5, 5.41) is 8.30. The van der Waals surface area contributed by atoms with Crippen LogP contribution >= 0.6 is 11.3 Å². The normalized spacial score (nSPS) is 14.1. The monoisotopic (exact) mass is 1820 g/mol. The number of nitrogens with zero attached hydrogens (tertiary/aromatic N) is 14. The molecule has 11 rings (SSSR count). The summed E-state index contributed by atoms with van der Waals surface area (Å²) in [6.45, 7) is 107. The predicted octanol–water partition coefficient (Wildman–Crippen LogP) is 32.3. The lowest BCUT2D eigenvalue weighted by atomic mass is 9.86. The molecule has 14 nitrogen and oxygen atoms in total. The summed E-state index contributed by atoms with van der Waals surface area (Å²) in [6, 6.07) is 29.1. The van der Waals surface area contributed by atoms with Crippen molar-refractivity contribution in [2.24, 2.45) is 17.8 Å². The highest BCUT2D eigenvalue weighted by atomic mass is 32.1. The fourth-order valence-electron chi connectivity index (χ4n) is 13.8. The van der Waals surface area contributed by atoms with Crippen LogP contribution in [-0.4, -0.2) is 146 Å². The molecule has 131 heavy (non-hydrogen) atoms. The minimum Gasteiger partial charge on any atom is -0.301 e. The quantitative estimate of drug-likeness (QED) is 0.0594. The van der Waals surface area contributed by atoms with Gasteiger partial charge in [0.05, 0.1) is 22.8 Å². The van der Waals surface area contributed by atoms with Gasteiger partial charge in [-0.2, -0.15) is 10.2 Å². The van der Waals surface area contributed by atoms with Gasteiger partial charge in [0.2, 0.25) is 0 Å². The number of piperazine rings is 1. The van der Waals surface area contributed by atoms with E-state index >= 15 is 0 Å². The summed E-state index contributed by atoms with van der Waals surface area (Å²) in [5.41, 5.74) is 16.2. The summed E-state index contributed by atoms with van der Waals surface area (Å²) >= 11 is 1.95. The molecule has 0 spiro atoms. The Bertz CT molecular complexity index is 3330. The average Bonchev–Trinajstić information content (AvgIpc) is 1.79. The molecule has 0 saturated carbocycles. The highest BCUT2D eigenvalue weighted by molar-refractivity contribution is 7.12. The van der Waals surface area contributed by atoms with Crippen LogP contribution < -0.4 is 0 Å². The van der Waals surface area contributed by atoms with Crippen LogP contribution in [0.5, 0.6) is 0 Å². The second-order valence-electron chi connectivity index (χ2n) is 43.2. The first kappa shape index (κ1) is 122. The van der Waals surface area contributed by atoms with Gasteiger partial charge in [-0.1, -0.05) is 297 Å². The van der Waals surface area contributed by atoms with E-state index in [1.165, 1.54) is 120 Å². The fourth-order valence-corrected chi connectivity index (χ4v) is 14.8. The molecule has 2 saturated heterocycles. The van der Waals surface area contributed by atoms with Gasteiger partial charge in [0.15, 0.2) is 0 Å². The molecule has 0 aliphatic carbocycles. The molecular formula is C116H198N14S.